The summed E-state index contributed by atoms with van der Waals surface area (Å²) in [7, 11) is 0. The first-order chi connectivity index (χ1) is 14.4. The van der Waals surface area contributed by atoms with Gasteiger partial charge in [0.2, 0.25) is 17.2 Å². The Hall–Kier alpha value is -2.90. The standard InChI is InChI=1S/C21H20Cl2N4O3/c1-2-9-26(12-20(29)25-17-10-14(22)7-8-16(17)23)21(30)13-27-18-6-4-3-5-15(18)19(28)11-24-27/h3-8,10-11H,2,9,12-13H2,1H3,(H,25,29). The summed E-state index contributed by atoms with van der Waals surface area (Å²) in [5.74, 6) is -0.677. The molecule has 0 saturated carbocycles. The molecule has 3 aromatic rings. The van der Waals surface area contributed by atoms with E-state index in [0.29, 0.717) is 39.6 Å². The molecule has 1 aromatic heterocycles. The van der Waals surface area contributed by atoms with Gasteiger partial charge < -0.3 is 10.2 Å². The molecule has 9 heteroatoms. The number of hydrogen-bond donors (Lipinski definition) is 1. The monoisotopic (exact) mass is 446 g/mol. The van der Waals surface area contributed by atoms with Gasteiger partial charge in [-0.15, -0.1) is 0 Å². The van der Waals surface area contributed by atoms with Gasteiger partial charge in [-0.2, -0.15) is 5.10 Å². The number of nitrogens with zero attached hydrogens (tertiary/aromatic N) is 3. The lowest BCUT2D eigenvalue weighted by Crippen LogP contribution is -2.40. The van der Waals surface area contributed by atoms with Crippen LogP contribution in [0, 0.1) is 0 Å². The maximum Gasteiger partial charge on any atom is 0.244 e. The van der Waals surface area contributed by atoms with E-state index in [1.165, 1.54) is 15.8 Å². The summed E-state index contributed by atoms with van der Waals surface area (Å²) in [6.45, 7) is 2.08. The SMILES string of the molecule is CCCN(CC(=O)Nc1cc(Cl)ccc1Cl)C(=O)Cn1ncc(=O)c2ccccc21. The molecule has 0 spiro atoms. The molecule has 30 heavy (non-hydrogen) atoms. The fourth-order valence-electron chi connectivity index (χ4n) is 3.03. The molecule has 0 radical (unpaired) electrons. The molecule has 156 valence electrons. The molecule has 1 heterocycles. The zero-order chi connectivity index (χ0) is 21.7. The van der Waals surface area contributed by atoms with E-state index >= 15 is 0 Å². The van der Waals surface area contributed by atoms with Crippen LogP contribution < -0.4 is 10.7 Å². The smallest absolute Gasteiger partial charge is 0.244 e. The normalized spacial score (nSPS) is 10.8. The molecule has 0 aliphatic carbocycles. The predicted octanol–water partition coefficient (Wildman–Crippen LogP) is 3.58. The van der Waals surface area contributed by atoms with E-state index in [2.05, 4.69) is 10.4 Å². The van der Waals surface area contributed by atoms with Crippen molar-refractivity contribution in [3.8, 4) is 0 Å². The second-order valence-electron chi connectivity index (χ2n) is 6.67. The Bertz CT molecular complexity index is 1150. The number of nitrogens with one attached hydrogen (secondary N) is 1. The second-order valence-corrected chi connectivity index (χ2v) is 7.51. The van der Waals surface area contributed by atoms with Crippen LogP contribution in [0.25, 0.3) is 10.9 Å². The van der Waals surface area contributed by atoms with Crippen molar-refractivity contribution >= 4 is 51.6 Å². The van der Waals surface area contributed by atoms with Crippen LogP contribution in [0.4, 0.5) is 5.69 Å². The van der Waals surface area contributed by atoms with Crippen LogP contribution in [0.2, 0.25) is 10.0 Å². The summed E-state index contributed by atoms with van der Waals surface area (Å²) in [6.07, 6.45) is 1.86. The van der Waals surface area contributed by atoms with Crippen LogP contribution in [0.5, 0.6) is 0 Å². The zero-order valence-electron chi connectivity index (χ0n) is 16.3. The first kappa shape index (κ1) is 21.8. The van der Waals surface area contributed by atoms with E-state index in [9.17, 15) is 14.4 Å². The van der Waals surface area contributed by atoms with Crippen molar-refractivity contribution in [2.45, 2.75) is 19.9 Å². The topological polar surface area (TPSA) is 84.3 Å². The van der Waals surface area contributed by atoms with Crippen LogP contribution in [-0.4, -0.2) is 39.6 Å². The van der Waals surface area contributed by atoms with Crippen molar-refractivity contribution in [1.29, 1.82) is 0 Å². The number of anilines is 1. The molecule has 0 fully saturated rings. The van der Waals surface area contributed by atoms with E-state index in [1.54, 1.807) is 42.5 Å². The highest BCUT2D eigenvalue weighted by Crippen LogP contribution is 2.25. The predicted molar refractivity (Wildman–Crippen MR) is 118 cm³/mol. The Morgan fingerprint density at radius 2 is 1.93 bits per heavy atom. The van der Waals surface area contributed by atoms with E-state index in [-0.39, 0.29) is 24.4 Å². The minimum Gasteiger partial charge on any atom is -0.332 e. The average molecular weight is 447 g/mol. The lowest BCUT2D eigenvalue weighted by atomic mass is 10.2. The highest BCUT2D eigenvalue weighted by molar-refractivity contribution is 6.35. The van der Waals surface area contributed by atoms with Crippen LogP contribution in [-0.2, 0) is 16.1 Å². The van der Waals surface area contributed by atoms with Crippen molar-refractivity contribution in [3.05, 3.63) is 68.9 Å². The number of carbonyl (C=O) groups is 2. The summed E-state index contributed by atoms with van der Waals surface area (Å²) in [4.78, 5) is 38.8. The third-order valence-electron chi connectivity index (χ3n) is 4.43. The maximum absolute atomic E-state index is 12.9. The van der Waals surface area contributed by atoms with Crippen LogP contribution in [0.15, 0.2) is 53.5 Å². The molecule has 0 saturated heterocycles. The van der Waals surface area contributed by atoms with E-state index in [4.69, 9.17) is 23.2 Å². The lowest BCUT2D eigenvalue weighted by molar-refractivity contribution is -0.135. The highest BCUT2D eigenvalue weighted by atomic mass is 35.5. The quantitative estimate of drug-likeness (QED) is 0.600. The first-order valence-corrected chi connectivity index (χ1v) is 10.1. The van der Waals surface area contributed by atoms with Crippen LogP contribution in [0.3, 0.4) is 0 Å². The van der Waals surface area contributed by atoms with Gasteiger partial charge in [0.15, 0.2) is 0 Å². The Morgan fingerprint density at radius 1 is 1.17 bits per heavy atom. The molecule has 0 atom stereocenters. The number of aromatic nitrogens is 2. The van der Waals surface area contributed by atoms with Gasteiger partial charge in [0, 0.05) is 17.0 Å². The number of fused-ring (bicyclic) bond motifs is 1. The molecular formula is C21H20Cl2N4O3. The van der Waals surface area contributed by atoms with Gasteiger partial charge in [0.1, 0.15) is 6.54 Å². The van der Waals surface area contributed by atoms with Gasteiger partial charge in [-0.05, 0) is 36.8 Å². The average Bonchev–Trinajstić information content (AvgIpc) is 2.72. The molecule has 0 aliphatic rings. The Labute approximate surface area is 183 Å². The Kier molecular flexibility index (Phi) is 7.07. The van der Waals surface area contributed by atoms with E-state index in [1.807, 2.05) is 6.92 Å². The fraction of sp³-hybridized carbons (Fsp3) is 0.238. The molecular weight excluding hydrogens is 427 g/mol. The number of para-hydroxylation sites is 1. The number of carbonyl (C=O) groups excluding carboxylic acids is 2. The fourth-order valence-corrected chi connectivity index (χ4v) is 3.37. The zero-order valence-corrected chi connectivity index (χ0v) is 17.8. The van der Waals surface area contributed by atoms with Crippen LogP contribution in [0.1, 0.15) is 13.3 Å². The minimum absolute atomic E-state index is 0.0913. The van der Waals surface area contributed by atoms with E-state index in [0.717, 1.165) is 0 Å². The third-order valence-corrected chi connectivity index (χ3v) is 4.99. The molecule has 0 aliphatic heterocycles. The molecule has 3 rings (SSSR count). The summed E-state index contributed by atoms with van der Waals surface area (Å²) < 4.78 is 1.47. The third kappa shape index (κ3) is 5.17. The molecule has 2 aromatic carbocycles. The number of halogens is 2. The molecule has 0 unspecified atom stereocenters. The summed E-state index contributed by atoms with van der Waals surface area (Å²) in [5.41, 5.74) is 0.730. The molecule has 0 bridgehead atoms. The number of benzene rings is 2. The van der Waals surface area contributed by atoms with Crippen molar-refractivity contribution in [2.75, 3.05) is 18.4 Å². The van der Waals surface area contributed by atoms with E-state index < -0.39 is 5.91 Å². The summed E-state index contributed by atoms with van der Waals surface area (Å²) in [5, 5.41) is 8.04. The maximum atomic E-state index is 12.9. The molecule has 7 nitrogen and oxygen atoms in total. The Morgan fingerprint density at radius 3 is 2.70 bits per heavy atom. The number of hydrogen-bond acceptors (Lipinski definition) is 4. The van der Waals surface area contributed by atoms with Crippen molar-refractivity contribution < 1.29 is 9.59 Å². The highest BCUT2D eigenvalue weighted by Gasteiger charge is 2.19. The summed E-state index contributed by atoms with van der Waals surface area (Å²) >= 11 is 12.0. The number of rotatable bonds is 7. The summed E-state index contributed by atoms with van der Waals surface area (Å²) in [6, 6.07) is 11.7. The van der Waals surface area contributed by atoms with Gasteiger partial charge in [-0.1, -0.05) is 42.3 Å². The molecule has 2 amide bonds. The van der Waals surface area contributed by atoms with Crippen molar-refractivity contribution in [3.63, 3.8) is 0 Å². The van der Waals surface area contributed by atoms with Gasteiger partial charge in [0.25, 0.3) is 0 Å². The van der Waals surface area contributed by atoms with Crippen LogP contribution >= 0.6 is 23.2 Å². The minimum atomic E-state index is -0.390. The van der Waals surface area contributed by atoms with Gasteiger partial charge in [-0.25, -0.2) is 0 Å². The van der Waals surface area contributed by atoms with Gasteiger partial charge >= 0.3 is 0 Å². The van der Waals surface area contributed by atoms with Gasteiger partial charge in [-0.3, -0.25) is 19.1 Å². The second kappa shape index (κ2) is 9.73. The number of amides is 2. The molecule has 1 N–H and O–H groups in total. The van der Waals surface area contributed by atoms with Gasteiger partial charge in [0.05, 0.1) is 29.0 Å². The largest absolute Gasteiger partial charge is 0.332 e. The van der Waals surface area contributed by atoms with Crippen molar-refractivity contribution in [2.24, 2.45) is 0 Å². The first-order valence-electron chi connectivity index (χ1n) is 9.36. The van der Waals surface area contributed by atoms with Crippen molar-refractivity contribution in [1.82, 2.24) is 14.7 Å². The lowest BCUT2D eigenvalue weighted by Gasteiger charge is -2.22. The Balaban J connectivity index is 1.75.